The first kappa shape index (κ1) is 12.3. The van der Waals surface area contributed by atoms with E-state index in [2.05, 4.69) is 29.0 Å². The van der Waals surface area contributed by atoms with Crippen LogP contribution < -0.4 is 5.32 Å². The molecule has 0 bridgehead atoms. The molecular weight excluding hydrogens is 198 g/mol. The zero-order valence-corrected chi connectivity index (χ0v) is 10.9. The van der Waals surface area contributed by atoms with Gasteiger partial charge in [-0.05, 0) is 38.9 Å². The fourth-order valence-corrected chi connectivity index (χ4v) is 2.93. The summed E-state index contributed by atoms with van der Waals surface area (Å²) in [7, 11) is 0. The average molecular weight is 225 g/mol. The second-order valence-electron chi connectivity index (χ2n) is 5.66. The number of nitrogens with one attached hydrogen (secondary N) is 1. The molecule has 1 atom stereocenters. The molecule has 0 saturated carbocycles. The van der Waals surface area contributed by atoms with Crippen molar-refractivity contribution in [3.63, 3.8) is 0 Å². The van der Waals surface area contributed by atoms with Gasteiger partial charge in [0.15, 0.2) is 0 Å². The molecule has 2 heterocycles. The Morgan fingerprint density at radius 1 is 1.06 bits per heavy atom. The Hall–Kier alpha value is -0.120. The Balaban J connectivity index is 1.60. The molecule has 1 unspecified atom stereocenters. The van der Waals surface area contributed by atoms with Crippen LogP contribution in [-0.4, -0.2) is 61.2 Å². The molecule has 0 spiro atoms. The summed E-state index contributed by atoms with van der Waals surface area (Å²) in [6, 6.07) is 1.36. The van der Waals surface area contributed by atoms with Crippen LogP contribution in [0.3, 0.4) is 0 Å². The highest BCUT2D eigenvalue weighted by atomic mass is 15.2. The van der Waals surface area contributed by atoms with Gasteiger partial charge in [0.05, 0.1) is 0 Å². The second-order valence-corrected chi connectivity index (χ2v) is 5.66. The molecule has 2 rings (SSSR count). The maximum absolute atomic E-state index is 3.64. The molecule has 0 amide bonds. The van der Waals surface area contributed by atoms with Crippen molar-refractivity contribution < 1.29 is 0 Å². The van der Waals surface area contributed by atoms with Crippen LogP contribution >= 0.6 is 0 Å². The normalized spacial score (nSPS) is 28.3. The Bertz CT molecular complexity index is 199. The lowest BCUT2D eigenvalue weighted by molar-refractivity contribution is 0.253. The van der Waals surface area contributed by atoms with Crippen molar-refractivity contribution in [2.45, 2.75) is 45.2 Å². The molecule has 1 N–H and O–H groups in total. The predicted molar refractivity (Wildman–Crippen MR) is 68.8 cm³/mol. The van der Waals surface area contributed by atoms with Gasteiger partial charge in [0.1, 0.15) is 0 Å². The van der Waals surface area contributed by atoms with Crippen molar-refractivity contribution in [2.75, 3.05) is 39.3 Å². The topological polar surface area (TPSA) is 18.5 Å². The lowest BCUT2D eigenvalue weighted by Gasteiger charge is -2.21. The van der Waals surface area contributed by atoms with E-state index in [1.807, 2.05) is 0 Å². The van der Waals surface area contributed by atoms with E-state index in [0.29, 0.717) is 6.04 Å². The van der Waals surface area contributed by atoms with Gasteiger partial charge in [-0.25, -0.2) is 0 Å². The molecule has 2 aliphatic rings. The lowest BCUT2D eigenvalue weighted by atomic mass is 10.2. The van der Waals surface area contributed by atoms with E-state index in [-0.39, 0.29) is 0 Å². The first-order valence-corrected chi connectivity index (χ1v) is 6.95. The summed E-state index contributed by atoms with van der Waals surface area (Å²) in [5, 5.41) is 3.64. The van der Waals surface area contributed by atoms with Gasteiger partial charge in [-0.15, -0.1) is 0 Å². The molecule has 0 aromatic heterocycles. The minimum atomic E-state index is 0.628. The van der Waals surface area contributed by atoms with Crippen LogP contribution in [0.1, 0.15) is 33.1 Å². The van der Waals surface area contributed by atoms with E-state index in [1.165, 1.54) is 58.5 Å². The van der Waals surface area contributed by atoms with Crippen molar-refractivity contribution in [1.29, 1.82) is 0 Å². The Kier molecular flexibility index (Phi) is 4.62. The van der Waals surface area contributed by atoms with Gasteiger partial charge >= 0.3 is 0 Å². The molecule has 2 saturated heterocycles. The zero-order valence-electron chi connectivity index (χ0n) is 10.9. The van der Waals surface area contributed by atoms with E-state index >= 15 is 0 Å². The van der Waals surface area contributed by atoms with Crippen LogP contribution in [0.25, 0.3) is 0 Å². The summed E-state index contributed by atoms with van der Waals surface area (Å²) in [6.07, 6.45) is 4.16. The standard InChI is InChI=1S/C13H27N3/c1-12(2)14-13-5-8-16(11-13)10-9-15-6-3-4-7-15/h12-14H,3-11H2,1-2H3. The number of hydrogen-bond donors (Lipinski definition) is 1. The smallest absolute Gasteiger partial charge is 0.0209 e. The molecule has 2 fully saturated rings. The molecule has 16 heavy (non-hydrogen) atoms. The first-order chi connectivity index (χ1) is 7.74. The van der Waals surface area contributed by atoms with Gasteiger partial charge in [-0.3, -0.25) is 0 Å². The van der Waals surface area contributed by atoms with Crippen molar-refractivity contribution in [1.82, 2.24) is 15.1 Å². The lowest BCUT2D eigenvalue weighted by Crippen LogP contribution is -2.38. The number of likely N-dealkylation sites (tertiary alicyclic amines) is 2. The van der Waals surface area contributed by atoms with Gasteiger partial charge < -0.3 is 15.1 Å². The Morgan fingerprint density at radius 2 is 1.75 bits per heavy atom. The van der Waals surface area contributed by atoms with Crippen LogP contribution in [-0.2, 0) is 0 Å². The Labute approximate surface area is 100 Å². The summed E-state index contributed by atoms with van der Waals surface area (Å²) in [4.78, 5) is 5.24. The molecule has 0 radical (unpaired) electrons. The van der Waals surface area contributed by atoms with Crippen LogP contribution in [0, 0.1) is 0 Å². The monoisotopic (exact) mass is 225 g/mol. The van der Waals surface area contributed by atoms with E-state index in [1.54, 1.807) is 0 Å². The third-order valence-electron chi connectivity index (χ3n) is 3.77. The summed E-state index contributed by atoms with van der Waals surface area (Å²) < 4.78 is 0. The van der Waals surface area contributed by atoms with Crippen molar-refractivity contribution >= 4 is 0 Å². The highest BCUT2D eigenvalue weighted by Crippen LogP contribution is 2.11. The average Bonchev–Trinajstić information content (AvgIpc) is 2.84. The molecule has 0 aromatic rings. The summed E-state index contributed by atoms with van der Waals surface area (Å²) >= 11 is 0. The fraction of sp³-hybridized carbons (Fsp3) is 1.00. The minimum absolute atomic E-state index is 0.628. The number of rotatable bonds is 5. The van der Waals surface area contributed by atoms with Crippen molar-refractivity contribution in [3.8, 4) is 0 Å². The van der Waals surface area contributed by atoms with Gasteiger partial charge in [0.2, 0.25) is 0 Å². The van der Waals surface area contributed by atoms with Crippen molar-refractivity contribution in [3.05, 3.63) is 0 Å². The van der Waals surface area contributed by atoms with Gasteiger partial charge in [0, 0.05) is 31.7 Å². The molecular formula is C13H27N3. The van der Waals surface area contributed by atoms with Gasteiger partial charge in [-0.2, -0.15) is 0 Å². The van der Waals surface area contributed by atoms with Crippen LogP contribution in [0.15, 0.2) is 0 Å². The van der Waals surface area contributed by atoms with E-state index in [4.69, 9.17) is 0 Å². The zero-order chi connectivity index (χ0) is 11.4. The minimum Gasteiger partial charge on any atom is -0.310 e. The van der Waals surface area contributed by atoms with Crippen LogP contribution in [0.2, 0.25) is 0 Å². The molecule has 3 heteroatoms. The highest BCUT2D eigenvalue weighted by molar-refractivity contribution is 4.82. The second kappa shape index (κ2) is 5.99. The summed E-state index contributed by atoms with van der Waals surface area (Å²) in [5.41, 5.74) is 0. The van der Waals surface area contributed by atoms with E-state index in [9.17, 15) is 0 Å². The summed E-state index contributed by atoms with van der Waals surface area (Å²) in [5.74, 6) is 0. The van der Waals surface area contributed by atoms with E-state index in [0.717, 1.165) is 6.04 Å². The van der Waals surface area contributed by atoms with Gasteiger partial charge in [-0.1, -0.05) is 13.8 Å². The quantitative estimate of drug-likeness (QED) is 0.757. The maximum Gasteiger partial charge on any atom is 0.0209 e. The fourth-order valence-electron chi connectivity index (χ4n) is 2.93. The molecule has 94 valence electrons. The van der Waals surface area contributed by atoms with Crippen LogP contribution in [0.4, 0.5) is 0 Å². The van der Waals surface area contributed by atoms with Crippen molar-refractivity contribution in [2.24, 2.45) is 0 Å². The molecule has 0 aliphatic carbocycles. The number of hydrogen-bond acceptors (Lipinski definition) is 3. The SMILES string of the molecule is CC(C)NC1CCN(CCN2CCCC2)C1. The number of nitrogens with zero attached hydrogens (tertiary/aromatic N) is 2. The molecule has 3 nitrogen and oxygen atoms in total. The third kappa shape index (κ3) is 3.72. The first-order valence-electron chi connectivity index (χ1n) is 6.95. The molecule has 0 aromatic carbocycles. The highest BCUT2D eigenvalue weighted by Gasteiger charge is 2.23. The third-order valence-corrected chi connectivity index (χ3v) is 3.77. The molecule has 2 aliphatic heterocycles. The van der Waals surface area contributed by atoms with Gasteiger partial charge in [0.25, 0.3) is 0 Å². The van der Waals surface area contributed by atoms with E-state index < -0.39 is 0 Å². The largest absolute Gasteiger partial charge is 0.310 e. The predicted octanol–water partition coefficient (Wildman–Crippen LogP) is 1.15. The summed E-state index contributed by atoms with van der Waals surface area (Å²) in [6.45, 7) is 12.3. The van der Waals surface area contributed by atoms with Crippen LogP contribution in [0.5, 0.6) is 0 Å². The Morgan fingerprint density at radius 3 is 2.44 bits per heavy atom. The maximum atomic E-state index is 3.64.